The number of rotatable bonds is 4. The number of fused-ring (bicyclic) bond motifs is 3. The van der Waals surface area contributed by atoms with Crippen molar-refractivity contribution in [3.63, 3.8) is 0 Å². The van der Waals surface area contributed by atoms with Gasteiger partial charge in [-0.15, -0.1) is 4.80 Å². The lowest BCUT2D eigenvalue weighted by molar-refractivity contribution is -0.137. The second kappa shape index (κ2) is 8.53. The number of nitrogens with one attached hydrogen (secondary N) is 1. The molecule has 0 unspecified atom stereocenters. The average Bonchev–Trinajstić information content (AvgIpc) is 3.34. The zero-order valence-corrected chi connectivity index (χ0v) is 18.4. The van der Waals surface area contributed by atoms with Crippen molar-refractivity contribution in [2.45, 2.75) is 37.5 Å². The third-order valence-electron chi connectivity index (χ3n) is 6.37. The highest BCUT2D eigenvalue weighted by atomic mass is 35.5. The van der Waals surface area contributed by atoms with Gasteiger partial charge in [0.1, 0.15) is 11.5 Å². The van der Waals surface area contributed by atoms with Gasteiger partial charge in [0.25, 0.3) is 5.91 Å². The number of hydrogen-bond acceptors (Lipinski definition) is 5. The van der Waals surface area contributed by atoms with Gasteiger partial charge < -0.3 is 10.2 Å². The van der Waals surface area contributed by atoms with Crippen LogP contribution in [0.1, 0.15) is 35.2 Å². The molecule has 0 spiro atoms. The van der Waals surface area contributed by atoms with Gasteiger partial charge in [-0.05, 0) is 43.4 Å². The van der Waals surface area contributed by atoms with E-state index in [1.807, 2.05) is 0 Å². The maximum Gasteiger partial charge on any atom is 0.417 e. The fourth-order valence-electron chi connectivity index (χ4n) is 4.83. The number of pyridine rings is 1. The summed E-state index contributed by atoms with van der Waals surface area (Å²) in [5, 5.41) is 10.9. The molecule has 2 bridgehead atoms. The number of amides is 1. The molecule has 2 aliphatic heterocycles. The Labute approximate surface area is 196 Å². The molecule has 3 aromatic rings. The van der Waals surface area contributed by atoms with Crippen molar-refractivity contribution in [1.82, 2.24) is 24.9 Å². The van der Waals surface area contributed by atoms with Gasteiger partial charge in [0.15, 0.2) is 5.82 Å². The van der Waals surface area contributed by atoms with Gasteiger partial charge in [0, 0.05) is 18.8 Å². The summed E-state index contributed by atoms with van der Waals surface area (Å²) in [4.78, 5) is 20.2. The number of anilines is 1. The molecule has 0 radical (unpaired) electrons. The number of hydrogen-bond donors (Lipinski definition) is 1. The second-order valence-corrected chi connectivity index (χ2v) is 8.87. The zero-order valence-electron chi connectivity index (χ0n) is 17.6. The van der Waals surface area contributed by atoms with Crippen molar-refractivity contribution in [2.75, 3.05) is 11.9 Å². The van der Waals surface area contributed by atoms with Crippen LogP contribution in [0.5, 0.6) is 0 Å². The maximum absolute atomic E-state index is 14.7. The summed E-state index contributed by atoms with van der Waals surface area (Å²) in [6, 6.07) is 4.53. The minimum absolute atomic E-state index is 0.0316. The molecule has 1 aromatic carbocycles. The maximum atomic E-state index is 14.7. The van der Waals surface area contributed by atoms with E-state index in [0.29, 0.717) is 19.4 Å². The number of carbonyl (C=O) groups excluding carboxylic acids is 1. The van der Waals surface area contributed by atoms with Crippen molar-refractivity contribution in [3.8, 4) is 5.69 Å². The Morgan fingerprint density at radius 1 is 1.18 bits per heavy atom. The summed E-state index contributed by atoms with van der Waals surface area (Å²) in [6.07, 6.45) is 1.29. The van der Waals surface area contributed by atoms with E-state index in [-0.39, 0.29) is 46.0 Å². The fourth-order valence-corrected chi connectivity index (χ4v) is 5.06. The van der Waals surface area contributed by atoms with Crippen molar-refractivity contribution in [3.05, 3.63) is 64.8 Å². The number of carbonyl (C=O) groups is 1. The second-order valence-electron chi connectivity index (χ2n) is 8.46. The van der Waals surface area contributed by atoms with Crippen LogP contribution in [0, 0.1) is 11.7 Å². The lowest BCUT2D eigenvalue weighted by atomic mass is 9.76. The molecule has 4 heterocycles. The highest BCUT2D eigenvalue weighted by Gasteiger charge is 2.44. The third-order valence-corrected chi connectivity index (χ3v) is 6.65. The average molecular weight is 495 g/mol. The van der Waals surface area contributed by atoms with Crippen LogP contribution in [0.25, 0.3) is 5.69 Å². The number of nitrogens with zero attached hydrogens (tertiary/aromatic N) is 5. The molecule has 34 heavy (non-hydrogen) atoms. The van der Waals surface area contributed by atoms with Gasteiger partial charge >= 0.3 is 6.18 Å². The molecule has 3 atom stereocenters. The first-order valence-electron chi connectivity index (χ1n) is 10.7. The molecule has 1 aliphatic carbocycles. The monoisotopic (exact) mass is 494 g/mol. The van der Waals surface area contributed by atoms with E-state index in [1.165, 1.54) is 30.6 Å². The van der Waals surface area contributed by atoms with Crippen LogP contribution in [-0.2, 0) is 6.18 Å². The Kier molecular flexibility index (Phi) is 5.67. The fraction of sp³-hybridized carbons (Fsp3) is 0.364. The van der Waals surface area contributed by atoms with Crippen LogP contribution in [0.15, 0.2) is 42.9 Å². The van der Waals surface area contributed by atoms with Crippen LogP contribution in [0.2, 0.25) is 5.02 Å². The number of alkyl halides is 3. The van der Waals surface area contributed by atoms with Gasteiger partial charge in [0.2, 0.25) is 0 Å². The molecule has 3 fully saturated rings. The van der Waals surface area contributed by atoms with E-state index in [1.54, 1.807) is 4.90 Å². The van der Waals surface area contributed by atoms with Crippen molar-refractivity contribution in [1.29, 1.82) is 0 Å². The van der Waals surface area contributed by atoms with E-state index in [9.17, 15) is 22.4 Å². The van der Waals surface area contributed by atoms with Gasteiger partial charge in [-0.25, -0.2) is 9.37 Å². The molecular weight excluding hydrogens is 476 g/mol. The van der Waals surface area contributed by atoms with E-state index >= 15 is 0 Å². The number of piperidine rings is 2. The summed E-state index contributed by atoms with van der Waals surface area (Å²) in [5.74, 6) is -0.676. The largest absolute Gasteiger partial charge is 0.417 e. The van der Waals surface area contributed by atoms with Gasteiger partial charge in [-0.2, -0.15) is 23.4 Å². The van der Waals surface area contributed by atoms with Crippen LogP contribution in [0.3, 0.4) is 0 Å². The first kappa shape index (κ1) is 22.6. The Hall–Kier alpha value is -3.21. The SMILES string of the molecule is O=C(c1cccc(F)c1-n1nccn1)N1C[C@@H]2CC[C@H]1[C@H](Nc1ncc(C(F)(F)F)cc1Cl)C2. The first-order valence-corrected chi connectivity index (χ1v) is 11.1. The zero-order chi connectivity index (χ0) is 24.0. The quantitative estimate of drug-likeness (QED) is 0.537. The Morgan fingerprint density at radius 2 is 1.94 bits per heavy atom. The molecule has 2 saturated heterocycles. The van der Waals surface area contributed by atoms with Crippen LogP contribution >= 0.6 is 11.6 Å². The predicted octanol–water partition coefficient (Wildman–Crippen LogP) is 4.58. The lowest BCUT2D eigenvalue weighted by Crippen LogP contribution is -2.60. The van der Waals surface area contributed by atoms with Crippen LogP contribution in [-0.4, -0.2) is 49.4 Å². The number of aromatic nitrogens is 4. The van der Waals surface area contributed by atoms with E-state index in [2.05, 4.69) is 20.5 Å². The van der Waals surface area contributed by atoms with Gasteiger partial charge in [0.05, 0.1) is 34.6 Å². The molecule has 7 nitrogen and oxygen atoms in total. The third kappa shape index (κ3) is 4.08. The van der Waals surface area contributed by atoms with Crippen LogP contribution in [0.4, 0.5) is 23.4 Å². The summed E-state index contributed by atoms with van der Waals surface area (Å²) in [7, 11) is 0. The van der Waals surface area contributed by atoms with Crippen LogP contribution < -0.4 is 5.32 Å². The van der Waals surface area contributed by atoms with E-state index in [0.717, 1.165) is 23.5 Å². The smallest absolute Gasteiger partial charge is 0.364 e. The highest BCUT2D eigenvalue weighted by molar-refractivity contribution is 6.33. The minimum Gasteiger partial charge on any atom is -0.364 e. The van der Waals surface area contributed by atoms with Crippen molar-refractivity contribution >= 4 is 23.3 Å². The van der Waals surface area contributed by atoms with E-state index < -0.39 is 17.6 Å². The minimum atomic E-state index is -4.55. The normalized spacial score (nSPS) is 22.1. The molecule has 1 N–H and O–H groups in total. The summed E-state index contributed by atoms with van der Waals surface area (Å²) in [6.45, 7) is 0.498. The Bertz CT molecular complexity index is 1220. The van der Waals surface area contributed by atoms with Gasteiger partial charge in [-0.1, -0.05) is 17.7 Å². The summed E-state index contributed by atoms with van der Waals surface area (Å²) >= 11 is 6.08. The number of halogens is 5. The molecule has 1 saturated carbocycles. The van der Waals surface area contributed by atoms with Crippen molar-refractivity contribution < 1.29 is 22.4 Å². The van der Waals surface area contributed by atoms with Gasteiger partial charge in [-0.3, -0.25) is 4.79 Å². The topological polar surface area (TPSA) is 75.9 Å². The first-order chi connectivity index (χ1) is 16.2. The molecule has 12 heteroatoms. The highest BCUT2D eigenvalue weighted by Crippen LogP contribution is 2.39. The molecule has 6 rings (SSSR count). The standard InChI is InChI=1S/C22H19ClF4N6O/c23-15-9-13(22(25,26)27)10-28-20(15)31-17-8-12-4-5-18(17)32(11-12)21(34)14-2-1-3-16(24)19(14)33-29-6-7-30-33/h1-3,6-7,9-10,12,17-18H,4-5,8,11H2,(H,28,31)/t12-,17-,18+/m1/s1. The number of benzene rings is 1. The molecule has 3 aliphatic rings. The number of para-hydroxylation sites is 1. The molecule has 178 valence electrons. The lowest BCUT2D eigenvalue weighted by Gasteiger charge is -2.50. The van der Waals surface area contributed by atoms with Crippen molar-refractivity contribution in [2.24, 2.45) is 5.92 Å². The Balaban J connectivity index is 1.42. The summed E-state index contributed by atoms with van der Waals surface area (Å²) < 4.78 is 53.5. The molecular formula is C22H19ClF4N6O. The predicted molar refractivity (Wildman–Crippen MR) is 115 cm³/mol. The molecule has 1 amide bonds. The molecule has 2 aromatic heterocycles. The summed E-state index contributed by atoms with van der Waals surface area (Å²) in [5.41, 5.74) is -0.833. The Morgan fingerprint density at radius 3 is 2.62 bits per heavy atom. The van der Waals surface area contributed by atoms with E-state index in [4.69, 9.17) is 11.6 Å².